The fourth-order valence-electron chi connectivity index (χ4n) is 3.22. The van der Waals surface area contributed by atoms with E-state index < -0.39 is 0 Å². The summed E-state index contributed by atoms with van der Waals surface area (Å²) in [5, 5.41) is 8.78. The van der Waals surface area contributed by atoms with Gasteiger partial charge in [0.2, 0.25) is 0 Å². The number of ether oxygens (including phenoxy) is 1. The molecule has 1 aromatic carbocycles. The second-order valence-corrected chi connectivity index (χ2v) is 6.16. The predicted molar refractivity (Wildman–Crippen MR) is 88.3 cm³/mol. The van der Waals surface area contributed by atoms with E-state index in [0.29, 0.717) is 25.4 Å². The Morgan fingerprint density at radius 3 is 2.43 bits per heavy atom. The van der Waals surface area contributed by atoms with E-state index in [1.54, 1.807) is 4.90 Å². The second kappa shape index (κ2) is 6.88. The molecule has 0 bridgehead atoms. The number of amides is 1. The molecule has 2 N–H and O–H groups in total. The van der Waals surface area contributed by atoms with Crippen LogP contribution < -0.4 is 15.5 Å². The van der Waals surface area contributed by atoms with Gasteiger partial charge in [0, 0.05) is 37.4 Å². The lowest BCUT2D eigenvalue weighted by Crippen LogP contribution is -2.33. The Kier molecular flexibility index (Phi) is 4.68. The highest BCUT2D eigenvalue weighted by atomic mass is 16.6. The van der Waals surface area contributed by atoms with Crippen molar-refractivity contribution in [2.24, 2.45) is 11.7 Å². The molecule has 2 aliphatic heterocycles. The number of carbonyl (C=O) groups is 1. The molecule has 1 amide bonds. The van der Waals surface area contributed by atoms with Gasteiger partial charge in [-0.2, -0.15) is 5.26 Å². The summed E-state index contributed by atoms with van der Waals surface area (Å²) in [7, 11) is 0. The van der Waals surface area contributed by atoms with Crippen LogP contribution in [0.15, 0.2) is 24.3 Å². The minimum Gasteiger partial charge on any atom is -0.443 e. The van der Waals surface area contributed by atoms with Crippen LogP contribution in [0.1, 0.15) is 19.3 Å². The van der Waals surface area contributed by atoms with Gasteiger partial charge < -0.3 is 15.4 Å². The Balaban J connectivity index is 1.62. The third-order valence-corrected chi connectivity index (χ3v) is 4.66. The number of hydrogen-bond donors (Lipinski definition) is 1. The van der Waals surface area contributed by atoms with Crippen molar-refractivity contribution >= 4 is 17.5 Å². The van der Waals surface area contributed by atoms with Crippen LogP contribution in [0.5, 0.6) is 0 Å². The molecule has 0 aromatic heterocycles. The van der Waals surface area contributed by atoms with Crippen LogP contribution in [0.3, 0.4) is 0 Å². The molecule has 122 valence electrons. The molecule has 0 saturated carbocycles. The Bertz CT molecular complexity index is 588. The molecule has 23 heavy (non-hydrogen) atoms. The molecular formula is C17H22N4O2. The maximum atomic E-state index is 11.8. The van der Waals surface area contributed by atoms with Crippen molar-refractivity contribution in [3.63, 3.8) is 0 Å². The van der Waals surface area contributed by atoms with Gasteiger partial charge in [-0.25, -0.2) is 4.79 Å². The molecular weight excluding hydrogens is 292 g/mol. The van der Waals surface area contributed by atoms with Gasteiger partial charge in [-0.05, 0) is 43.0 Å². The van der Waals surface area contributed by atoms with Gasteiger partial charge in [0.05, 0.1) is 12.6 Å². The van der Waals surface area contributed by atoms with E-state index in [0.717, 1.165) is 37.3 Å². The second-order valence-electron chi connectivity index (χ2n) is 6.16. The molecule has 0 radical (unpaired) electrons. The third-order valence-electron chi connectivity index (χ3n) is 4.66. The molecule has 6 nitrogen and oxygen atoms in total. The van der Waals surface area contributed by atoms with Crippen molar-refractivity contribution in [3.8, 4) is 6.07 Å². The number of nitriles is 1. The third kappa shape index (κ3) is 3.40. The minimum atomic E-state index is -0.328. The van der Waals surface area contributed by atoms with E-state index in [9.17, 15) is 4.79 Å². The number of nitrogens with zero attached hydrogens (tertiary/aromatic N) is 3. The molecule has 1 unspecified atom stereocenters. The Hall–Kier alpha value is -2.26. The Morgan fingerprint density at radius 2 is 1.87 bits per heavy atom. The highest BCUT2D eigenvalue weighted by Gasteiger charge is 2.31. The van der Waals surface area contributed by atoms with Gasteiger partial charge in [-0.1, -0.05) is 0 Å². The highest BCUT2D eigenvalue weighted by molar-refractivity contribution is 5.90. The maximum absolute atomic E-state index is 11.8. The summed E-state index contributed by atoms with van der Waals surface area (Å²) in [5.41, 5.74) is 7.56. The first-order valence-corrected chi connectivity index (χ1v) is 8.11. The number of benzene rings is 1. The van der Waals surface area contributed by atoms with Crippen molar-refractivity contribution in [1.82, 2.24) is 0 Å². The molecule has 6 heteroatoms. The number of rotatable bonds is 4. The Morgan fingerprint density at radius 1 is 1.22 bits per heavy atom. The van der Waals surface area contributed by atoms with Crippen LogP contribution in [-0.2, 0) is 4.74 Å². The van der Waals surface area contributed by atoms with E-state index in [-0.39, 0.29) is 12.2 Å². The van der Waals surface area contributed by atoms with Crippen LogP contribution in [0, 0.1) is 17.2 Å². The zero-order chi connectivity index (χ0) is 16.2. The maximum Gasteiger partial charge on any atom is 0.414 e. The van der Waals surface area contributed by atoms with Crippen LogP contribution in [-0.4, -0.2) is 38.4 Å². The molecule has 1 aromatic rings. The fourth-order valence-corrected chi connectivity index (χ4v) is 3.22. The smallest absolute Gasteiger partial charge is 0.414 e. The lowest BCUT2D eigenvalue weighted by Gasteiger charge is -2.33. The SMILES string of the molecule is N#CCC1CCN(c2ccc(N3CC(CN)OC3=O)cc2)CC1. The largest absolute Gasteiger partial charge is 0.443 e. The van der Waals surface area contributed by atoms with E-state index in [1.165, 1.54) is 0 Å². The van der Waals surface area contributed by atoms with Crippen molar-refractivity contribution in [3.05, 3.63) is 24.3 Å². The van der Waals surface area contributed by atoms with Gasteiger partial charge in [0.1, 0.15) is 6.10 Å². The molecule has 2 heterocycles. The number of carbonyl (C=O) groups excluding carboxylic acids is 1. The first-order valence-electron chi connectivity index (χ1n) is 8.11. The van der Waals surface area contributed by atoms with Crippen LogP contribution in [0.2, 0.25) is 0 Å². The molecule has 2 saturated heterocycles. The number of hydrogen-bond acceptors (Lipinski definition) is 5. The first-order chi connectivity index (χ1) is 11.2. The van der Waals surface area contributed by atoms with Crippen molar-refractivity contribution < 1.29 is 9.53 Å². The fraction of sp³-hybridized carbons (Fsp3) is 0.529. The summed E-state index contributed by atoms with van der Waals surface area (Å²) < 4.78 is 5.18. The number of nitrogens with two attached hydrogens (primary N) is 1. The van der Waals surface area contributed by atoms with Crippen LogP contribution >= 0.6 is 0 Å². The van der Waals surface area contributed by atoms with Gasteiger partial charge in [0.15, 0.2) is 0 Å². The molecule has 0 spiro atoms. The number of cyclic esters (lactones) is 1. The summed E-state index contributed by atoms with van der Waals surface area (Å²) in [5.74, 6) is 0.531. The molecule has 2 fully saturated rings. The van der Waals surface area contributed by atoms with E-state index in [4.69, 9.17) is 15.7 Å². The first kappa shape index (κ1) is 15.6. The average molecular weight is 314 g/mol. The van der Waals surface area contributed by atoms with E-state index in [2.05, 4.69) is 11.0 Å². The van der Waals surface area contributed by atoms with Crippen LogP contribution in [0.25, 0.3) is 0 Å². The van der Waals surface area contributed by atoms with E-state index >= 15 is 0 Å². The van der Waals surface area contributed by atoms with Crippen LogP contribution in [0.4, 0.5) is 16.2 Å². The van der Waals surface area contributed by atoms with Crippen molar-refractivity contribution in [2.45, 2.75) is 25.4 Å². The van der Waals surface area contributed by atoms with Gasteiger partial charge >= 0.3 is 6.09 Å². The average Bonchev–Trinajstić information content (AvgIpc) is 2.97. The zero-order valence-electron chi connectivity index (χ0n) is 13.1. The number of piperidine rings is 1. The van der Waals surface area contributed by atoms with Gasteiger partial charge in [0.25, 0.3) is 0 Å². The quantitative estimate of drug-likeness (QED) is 0.920. The van der Waals surface area contributed by atoms with Crippen molar-refractivity contribution in [1.29, 1.82) is 5.26 Å². The highest BCUT2D eigenvalue weighted by Crippen LogP contribution is 2.28. The minimum absolute atomic E-state index is 0.221. The van der Waals surface area contributed by atoms with Gasteiger partial charge in [-0.15, -0.1) is 0 Å². The van der Waals surface area contributed by atoms with Crippen molar-refractivity contribution in [2.75, 3.05) is 36.0 Å². The molecule has 1 atom stereocenters. The lowest BCUT2D eigenvalue weighted by molar-refractivity contribution is 0.145. The van der Waals surface area contributed by atoms with E-state index in [1.807, 2.05) is 24.3 Å². The topological polar surface area (TPSA) is 82.6 Å². The van der Waals surface area contributed by atoms with Gasteiger partial charge in [-0.3, -0.25) is 4.90 Å². The monoisotopic (exact) mass is 314 g/mol. The number of anilines is 2. The zero-order valence-corrected chi connectivity index (χ0v) is 13.1. The summed E-state index contributed by atoms with van der Waals surface area (Å²) in [6.07, 6.45) is 2.23. The summed E-state index contributed by atoms with van der Waals surface area (Å²) in [6, 6.07) is 10.3. The lowest BCUT2D eigenvalue weighted by atomic mass is 9.94. The molecule has 0 aliphatic carbocycles. The standard InChI is InChI=1S/C17H22N4O2/c18-8-5-13-6-9-20(10-7-13)14-1-3-15(4-2-14)21-12-16(11-19)23-17(21)22/h1-4,13,16H,5-7,9-12,19H2. The molecule has 3 rings (SSSR count). The summed E-state index contributed by atoms with van der Waals surface area (Å²) >= 11 is 0. The normalized spacial score (nSPS) is 22.1. The summed E-state index contributed by atoms with van der Waals surface area (Å²) in [4.78, 5) is 15.8. The predicted octanol–water partition coefficient (Wildman–Crippen LogP) is 2.10. The Labute approximate surface area is 136 Å². The summed E-state index contributed by atoms with van der Waals surface area (Å²) in [6.45, 7) is 2.81. The molecule has 2 aliphatic rings.